The van der Waals surface area contributed by atoms with Crippen molar-refractivity contribution in [1.82, 2.24) is 14.8 Å². The molecule has 0 aliphatic heterocycles. The number of carbonyl (C=O) groups excluding carboxylic acids is 1. The quantitative estimate of drug-likeness (QED) is 0.548. The van der Waals surface area contributed by atoms with E-state index in [1.165, 1.54) is 23.9 Å². The second-order valence-electron chi connectivity index (χ2n) is 5.11. The van der Waals surface area contributed by atoms with Gasteiger partial charge in [-0.15, -0.1) is 10.2 Å². The Morgan fingerprint density at radius 2 is 1.88 bits per heavy atom. The van der Waals surface area contributed by atoms with Crippen molar-refractivity contribution in [3.05, 3.63) is 59.9 Å². The van der Waals surface area contributed by atoms with Gasteiger partial charge in [0.15, 0.2) is 10.9 Å². The number of aryl methyl sites for hydroxylation is 1. The Balaban J connectivity index is 1.79. The van der Waals surface area contributed by atoms with Gasteiger partial charge in [0.05, 0.1) is 11.3 Å². The van der Waals surface area contributed by atoms with Gasteiger partial charge < -0.3 is 10.2 Å². The number of phenols is 2. The predicted molar refractivity (Wildman–Crippen MR) is 90.9 cm³/mol. The van der Waals surface area contributed by atoms with E-state index < -0.39 is 0 Å². The minimum atomic E-state index is -0.252. The van der Waals surface area contributed by atoms with Crippen molar-refractivity contribution in [2.24, 2.45) is 0 Å². The Labute approximate surface area is 142 Å². The number of aromatic hydroxyl groups is 2. The molecular formula is C17H15N3O3S. The van der Waals surface area contributed by atoms with Crippen LogP contribution in [0.5, 0.6) is 11.5 Å². The summed E-state index contributed by atoms with van der Waals surface area (Å²) >= 11 is 1.24. The monoisotopic (exact) mass is 341 g/mol. The van der Waals surface area contributed by atoms with Gasteiger partial charge in [0.25, 0.3) is 0 Å². The minimum Gasteiger partial charge on any atom is -0.508 e. The third-order valence-corrected chi connectivity index (χ3v) is 4.35. The Bertz CT molecular complexity index is 878. The summed E-state index contributed by atoms with van der Waals surface area (Å²) in [7, 11) is 0. The van der Waals surface area contributed by atoms with Gasteiger partial charge in [0.1, 0.15) is 17.3 Å². The average Bonchev–Trinajstić information content (AvgIpc) is 2.94. The number of para-hydroxylation sites is 1. The standard InChI is InChI=1S/C17H15N3O3S/c1-11-18-19-17(20(11)12-5-3-2-4-6-12)24-10-16(23)14-8-7-13(21)9-15(14)22/h2-9,21-22H,10H2,1H3. The summed E-state index contributed by atoms with van der Waals surface area (Å²) in [5.41, 5.74) is 1.09. The van der Waals surface area contributed by atoms with Crippen molar-refractivity contribution < 1.29 is 15.0 Å². The molecule has 0 aliphatic carbocycles. The SMILES string of the molecule is Cc1nnc(SCC(=O)c2ccc(O)cc2O)n1-c1ccccc1. The molecule has 0 saturated carbocycles. The second-order valence-corrected chi connectivity index (χ2v) is 6.06. The molecule has 1 aromatic heterocycles. The number of hydrogen-bond acceptors (Lipinski definition) is 6. The highest BCUT2D eigenvalue weighted by molar-refractivity contribution is 7.99. The van der Waals surface area contributed by atoms with E-state index in [0.29, 0.717) is 5.16 Å². The summed E-state index contributed by atoms with van der Waals surface area (Å²) in [6.45, 7) is 1.84. The molecule has 0 aliphatic rings. The molecular weight excluding hydrogens is 326 g/mol. The number of phenolic OH excluding ortho intramolecular Hbond substituents is 2. The summed E-state index contributed by atoms with van der Waals surface area (Å²) in [5.74, 6) is 0.252. The molecule has 0 spiro atoms. The maximum Gasteiger partial charge on any atom is 0.196 e. The predicted octanol–water partition coefficient (Wildman–Crippen LogP) is 2.96. The molecule has 122 valence electrons. The zero-order valence-corrected chi connectivity index (χ0v) is 13.7. The van der Waals surface area contributed by atoms with E-state index in [-0.39, 0.29) is 28.6 Å². The molecule has 2 aromatic carbocycles. The van der Waals surface area contributed by atoms with Gasteiger partial charge in [0.2, 0.25) is 0 Å². The van der Waals surface area contributed by atoms with Crippen LogP contribution in [0.3, 0.4) is 0 Å². The van der Waals surface area contributed by atoms with Crippen molar-refractivity contribution in [3.63, 3.8) is 0 Å². The highest BCUT2D eigenvalue weighted by atomic mass is 32.2. The molecule has 3 rings (SSSR count). The molecule has 3 aromatic rings. The van der Waals surface area contributed by atoms with Crippen LogP contribution in [0.15, 0.2) is 53.7 Å². The van der Waals surface area contributed by atoms with E-state index in [4.69, 9.17) is 0 Å². The molecule has 0 bridgehead atoms. The lowest BCUT2D eigenvalue weighted by molar-refractivity contribution is 0.102. The van der Waals surface area contributed by atoms with Crippen LogP contribution in [0.4, 0.5) is 0 Å². The summed E-state index contributed by atoms with van der Waals surface area (Å²) in [5, 5.41) is 27.9. The van der Waals surface area contributed by atoms with Crippen molar-refractivity contribution in [2.45, 2.75) is 12.1 Å². The normalized spacial score (nSPS) is 10.7. The molecule has 0 unspecified atom stereocenters. The van der Waals surface area contributed by atoms with Crippen LogP contribution in [0.25, 0.3) is 5.69 Å². The molecule has 2 N–H and O–H groups in total. The van der Waals surface area contributed by atoms with Gasteiger partial charge >= 0.3 is 0 Å². The summed E-state index contributed by atoms with van der Waals surface area (Å²) in [4.78, 5) is 12.3. The first-order chi connectivity index (χ1) is 11.6. The Kier molecular flexibility index (Phi) is 4.52. The molecule has 0 radical (unpaired) electrons. The van der Waals surface area contributed by atoms with Gasteiger partial charge in [-0.3, -0.25) is 9.36 Å². The van der Waals surface area contributed by atoms with E-state index in [0.717, 1.165) is 17.6 Å². The van der Waals surface area contributed by atoms with Crippen LogP contribution >= 0.6 is 11.8 Å². The molecule has 1 heterocycles. The molecule has 7 heteroatoms. The van der Waals surface area contributed by atoms with E-state index in [1.54, 1.807) is 0 Å². The van der Waals surface area contributed by atoms with Crippen LogP contribution < -0.4 is 0 Å². The Morgan fingerprint density at radius 1 is 1.12 bits per heavy atom. The third kappa shape index (κ3) is 3.26. The van der Waals surface area contributed by atoms with Crippen LogP contribution in [-0.2, 0) is 0 Å². The highest BCUT2D eigenvalue weighted by Crippen LogP contribution is 2.26. The van der Waals surface area contributed by atoms with E-state index in [1.807, 2.05) is 41.8 Å². The smallest absolute Gasteiger partial charge is 0.196 e. The number of hydrogen-bond donors (Lipinski definition) is 2. The maximum absolute atomic E-state index is 12.3. The van der Waals surface area contributed by atoms with Gasteiger partial charge in [-0.25, -0.2) is 0 Å². The lowest BCUT2D eigenvalue weighted by Crippen LogP contribution is -2.05. The summed E-state index contributed by atoms with van der Waals surface area (Å²) in [6, 6.07) is 13.6. The second kappa shape index (κ2) is 6.76. The fraction of sp³-hybridized carbons (Fsp3) is 0.118. The number of nitrogens with zero attached hydrogens (tertiary/aromatic N) is 3. The van der Waals surface area contributed by atoms with Crippen molar-refractivity contribution in [1.29, 1.82) is 0 Å². The largest absolute Gasteiger partial charge is 0.508 e. The zero-order chi connectivity index (χ0) is 17.1. The number of Topliss-reactive ketones (excluding diaryl/α,β-unsaturated/α-hetero) is 1. The molecule has 0 amide bonds. The highest BCUT2D eigenvalue weighted by Gasteiger charge is 2.16. The Hall–Kier alpha value is -2.80. The Morgan fingerprint density at radius 3 is 2.58 bits per heavy atom. The van der Waals surface area contributed by atoms with Crippen LogP contribution in [0.1, 0.15) is 16.2 Å². The number of ketones is 1. The van der Waals surface area contributed by atoms with E-state index in [9.17, 15) is 15.0 Å². The summed E-state index contributed by atoms with van der Waals surface area (Å²) in [6.07, 6.45) is 0. The van der Waals surface area contributed by atoms with Gasteiger partial charge in [-0.05, 0) is 31.2 Å². The van der Waals surface area contributed by atoms with Crippen LogP contribution in [0, 0.1) is 6.92 Å². The molecule has 0 fully saturated rings. The van der Waals surface area contributed by atoms with Crippen molar-refractivity contribution in [2.75, 3.05) is 5.75 Å². The molecule has 0 saturated heterocycles. The topological polar surface area (TPSA) is 88.2 Å². The first-order valence-electron chi connectivity index (χ1n) is 7.21. The van der Waals surface area contributed by atoms with Crippen molar-refractivity contribution in [3.8, 4) is 17.2 Å². The minimum absolute atomic E-state index is 0.0869. The molecule has 24 heavy (non-hydrogen) atoms. The van der Waals surface area contributed by atoms with Crippen LogP contribution in [-0.4, -0.2) is 36.5 Å². The number of thioether (sulfide) groups is 1. The zero-order valence-electron chi connectivity index (χ0n) is 12.9. The van der Waals surface area contributed by atoms with Crippen LogP contribution in [0.2, 0.25) is 0 Å². The fourth-order valence-corrected chi connectivity index (χ4v) is 3.16. The number of aromatic nitrogens is 3. The number of rotatable bonds is 5. The van der Waals surface area contributed by atoms with Gasteiger partial charge in [-0.2, -0.15) is 0 Å². The summed E-state index contributed by atoms with van der Waals surface area (Å²) < 4.78 is 1.87. The average molecular weight is 341 g/mol. The fourth-order valence-electron chi connectivity index (χ4n) is 2.27. The lowest BCUT2D eigenvalue weighted by Gasteiger charge is -2.08. The van der Waals surface area contributed by atoms with Gasteiger partial charge in [-0.1, -0.05) is 30.0 Å². The first kappa shape index (κ1) is 16.1. The van der Waals surface area contributed by atoms with Gasteiger partial charge in [0, 0.05) is 11.8 Å². The maximum atomic E-state index is 12.3. The van der Waals surface area contributed by atoms with E-state index >= 15 is 0 Å². The van der Waals surface area contributed by atoms with Crippen molar-refractivity contribution >= 4 is 17.5 Å². The third-order valence-electron chi connectivity index (χ3n) is 3.42. The molecule has 6 nitrogen and oxygen atoms in total. The number of benzene rings is 2. The lowest BCUT2D eigenvalue weighted by atomic mass is 10.1. The number of carbonyl (C=O) groups is 1. The first-order valence-corrected chi connectivity index (χ1v) is 8.20. The molecule has 0 atom stereocenters. The van der Waals surface area contributed by atoms with E-state index in [2.05, 4.69) is 10.2 Å².